The number of carbonyl (C=O) groups excluding carboxylic acids is 1. The summed E-state index contributed by atoms with van der Waals surface area (Å²) < 4.78 is 41.4. The van der Waals surface area contributed by atoms with Crippen LogP contribution in [0, 0.1) is 35.0 Å². The number of carbonyl (C=O) groups is 1. The summed E-state index contributed by atoms with van der Waals surface area (Å²) in [5.74, 6) is 1.24. The van der Waals surface area contributed by atoms with Crippen LogP contribution in [0.5, 0.6) is 0 Å². The SMILES string of the molecule is CCC(=O)NC12CC(Cn3c(C#N)cc4c(C)c(CN5CCC6(CCN(c7ncnc8sc(CC(F)(F)F)cc78)C6)C5)ccc43)(C1)[C@@H]2C. The largest absolute Gasteiger partial charge is 0.393 e. The Morgan fingerprint density at radius 1 is 1.15 bits per heavy atom. The predicted molar refractivity (Wildman–Crippen MR) is 180 cm³/mol. The van der Waals surface area contributed by atoms with E-state index < -0.39 is 12.6 Å². The molecule has 12 heteroatoms. The Kier molecular flexibility index (Phi) is 7.17. The molecule has 5 aliphatic rings. The highest BCUT2D eigenvalue weighted by Gasteiger charge is 2.74. The highest BCUT2D eigenvalue weighted by molar-refractivity contribution is 7.18. The third kappa shape index (κ3) is 4.99. The fourth-order valence-electron chi connectivity index (χ4n) is 9.51. The number of hydrogen-bond acceptors (Lipinski definition) is 7. The number of nitriles is 1. The number of alkyl halides is 3. The predicted octanol–water partition coefficient (Wildman–Crippen LogP) is 6.73. The summed E-state index contributed by atoms with van der Waals surface area (Å²) in [5, 5.41) is 15.2. The van der Waals surface area contributed by atoms with E-state index in [0.717, 1.165) is 93.0 Å². The molecule has 2 aliphatic heterocycles. The highest BCUT2D eigenvalue weighted by atomic mass is 32.1. The zero-order chi connectivity index (χ0) is 33.6. The van der Waals surface area contributed by atoms with E-state index in [1.807, 2.05) is 13.0 Å². The molecular formula is C36H40F3N7OS. The third-order valence-electron chi connectivity index (χ3n) is 12.2. The number of likely N-dealkylation sites (tertiary alicyclic amines) is 1. The molecular weight excluding hydrogens is 636 g/mol. The molecule has 9 rings (SSSR count). The molecule has 4 aromatic rings. The molecule has 3 saturated carbocycles. The summed E-state index contributed by atoms with van der Waals surface area (Å²) in [6.45, 7) is 11.5. The first-order valence-corrected chi connectivity index (χ1v) is 17.8. The average Bonchev–Trinajstić information content (AvgIpc) is 3.82. The summed E-state index contributed by atoms with van der Waals surface area (Å²) in [7, 11) is 0. The van der Waals surface area contributed by atoms with Crippen molar-refractivity contribution in [1.29, 1.82) is 5.26 Å². The molecule has 3 aliphatic carbocycles. The first kappa shape index (κ1) is 31.6. The number of thiophene rings is 1. The molecule has 5 fully saturated rings. The maximum Gasteiger partial charge on any atom is 0.393 e. The van der Waals surface area contributed by atoms with Gasteiger partial charge in [0.2, 0.25) is 5.91 Å². The lowest BCUT2D eigenvalue weighted by Crippen LogP contribution is -2.81. The number of halogens is 3. The molecule has 1 aromatic carbocycles. The summed E-state index contributed by atoms with van der Waals surface area (Å²) in [6, 6.07) is 10.5. The van der Waals surface area contributed by atoms with Crippen molar-refractivity contribution in [2.45, 2.75) is 84.1 Å². The lowest BCUT2D eigenvalue weighted by molar-refractivity contribution is -0.228. The van der Waals surface area contributed by atoms with Gasteiger partial charge in [0, 0.05) is 65.9 Å². The maximum absolute atomic E-state index is 13.1. The highest BCUT2D eigenvalue weighted by Crippen LogP contribution is 2.72. The lowest BCUT2D eigenvalue weighted by atomic mass is 9.33. The van der Waals surface area contributed by atoms with Crippen molar-refractivity contribution >= 4 is 44.2 Å². The maximum atomic E-state index is 13.1. The number of aromatic nitrogens is 3. The molecule has 2 bridgehead atoms. The topological polar surface area (TPSA) is 90.1 Å². The Balaban J connectivity index is 0.958. The minimum Gasteiger partial charge on any atom is -0.355 e. The second kappa shape index (κ2) is 10.9. The Morgan fingerprint density at radius 2 is 1.94 bits per heavy atom. The first-order valence-electron chi connectivity index (χ1n) is 17.0. The fraction of sp³-hybridized carbons (Fsp3) is 0.556. The zero-order valence-corrected chi connectivity index (χ0v) is 28.4. The monoisotopic (exact) mass is 675 g/mol. The summed E-state index contributed by atoms with van der Waals surface area (Å²) in [5.41, 5.74) is 4.44. The number of rotatable bonds is 8. The fourth-order valence-corrected chi connectivity index (χ4v) is 10.5. The van der Waals surface area contributed by atoms with Gasteiger partial charge in [0.05, 0.1) is 11.8 Å². The molecule has 5 heterocycles. The molecule has 1 spiro atoms. The van der Waals surface area contributed by atoms with Crippen molar-refractivity contribution in [3.63, 3.8) is 0 Å². The second-order valence-corrected chi connectivity index (χ2v) is 16.2. The van der Waals surface area contributed by atoms with Gasteiger partial charge in [-0.15, -0.1) is 11.3 Å². The molecule has 1 unspecified atom stereocenters. The van der Waals surface area contributed by atoms with Crippen LogP contribution in [-0.2, 0) is 24.3 Å². The van der Waals surface area contributed by atoms with E-state index in [-0.39, 0.29) is 27.2 Å². The number of amides is 1. The van der Waals surface area contributed by atoms with Crippen molar-refractivity contribution in [3.8, 4) is 6.07 Å². The van der Waals surface area contributed by atoms with Crippen LogP contribution in [0.1, 0.15) is 67.6 Å². The van der Waals surface area contributed by atoms with Gasteiger partial charge >= 0.3 is 6.18 Å². The number of hydrogen-bond donors (Lipinski definition) is 1. The quantitative estimate of drug-likeness (QED) is 0.223. The minimum atomic E-state index is -4.25. The standard InChI is InChI=1S/C36H40F3N7OS/c1-4-30(47)43-35-16-34(17-35,23(35)3)20-46-25(14-40)11-27-22(2)24(5-6-29(27)46)15-44-9-7-33(18-44)8-10-45(19-33)31-28-12-26(13-36(37,38)39)48-32(28)42-21-41-31/h5-6,11-12,21,23H,4,7-10,13,15-20H2,1-3H3,(H,43,47)/t23-,33?,34?,35?/m0/s1. The van der Waals surface area contributed by atoms with Crippen LogP contribution >= 0.6 is 11.3 Å². The number of nitrogens with zero attached hydrogens (tertiary/aromatic N) is 6. The molecule has 2 atom stereocenters. The van der Waals surface area contributed by atoms with Crippen LogP contribution in [0.25, 0.3) is 21.1 Å². The Bertz CT molecular complexity index is 1990. The molecule has 3 aromatic heterocycles. The number of benzene rings is 1. The lowest BCUT2D eigenvalue weighted by Gasteiger charge is -2.76. The van der Waals surface area contributed by atoms with Crippen molar-refractivity contribution in [1.82, 2.24) is 24.8 Å². The van der Waals surface area contributed by atoms with E-state index in [1.54, 1.807) is 6.07 Å². The van der Waals surface area contributed by atoms with Gasteiger partial charge in [-0.3, -0.25) is 9.69 Å². The van der Waals surface area contributed by atoms with Gasteiger partial charge in [0.1, 0.15) is 28.7 Å². The normalized spacial score (nSPS) is 28.3. The van der Waals surface area contributed by atoms with Gasteiger partial charge in [-0.05, 0) is 79.8 Å². The van der Waals surface area contributed by atoms with Gasteiger partial charge in [0.25, 0.3) is 0 Å². The van der Waals surface area contributed by atoms with Crippen molar-refractivity contribution in [2.75, 3.05) is 31.1 Å². The van der Waals surface area contributed by atoms with E-state index in [4.69, 9.17) is 0 Å². The number of anilines is 1. The molecule has 1 amide bonds. The van der Waals surface area contributed by atoms with Gasteiger partial charge in [0.15, 0.2) is 0 Å². The van der Waals surface area contributed by atoms with Crippen LogP contribution in [0.2, 0.25) is 0 Å². The molecule has 252 valence electrons. The van der Waals surface area contributed by atoms with Gasteiger partial charge in [-0.1, -0.05) is 19.9 Å². The van der Waals surface area contributed by atoms with Crippen LogP contribution < -0.4 is 10.2 Å². The smallest absolute Gasteiger partial charge is 0.355 e. The van der Waals surface area contributed by atoms with Crippen LogP contribution in [-0.4, -0.2) is 63.2 Å². The van der Waals surface area contributed by atoms with E-state index in [2.05, 4.69) is 61.7 Å². The summed E-state index contributed by atoms with van der Waals surface area (Å²) in [4.78, 5) is 26.6. The van der Waals surface area contributed by atoms with Crippen LogP contribution in [0.15, 0.2) is 30.6 Å². The Morgan fingerprint density at radius 3 is 2.67 bits per heavy atom. The van der Waals surface area contributed by atoms with Crippen LogP contribution in [0.4, 0.5) is 19.0 Å². The van der Waals surface area contributed by atoms with E-state index in [1.165, 1.54) is 17.5 Å². The van der Waals surface area contributed by atoms with Gasteiger partial charge in [-0.25, -0.2) is 9.97 Å². The minimum absolute atomic E-state index is 0.0690. The zero-order valence-electron chi connectivity index (χ0n) is 27.6. The molecule has 8 nitrogen and oxygen atoms in total. The van der Waals surface area contributed by atoms with E-state index >= 15 is 0 Å². The average molecular weight is 676 g/mol. The summed E-state index contributed by atoms with van der Waals surface area (Å²) >= 11 is 1.10. The number of fused-ring (bicyclic) bond motifs is 2. The number of aryl methyl sites for hydroxylation is 1. The molecule has 0 radical (unpaired) electrons. The van der Waals surface area contributed by atoms with E-state index in [9.17, 15) is 23.2 Å². The molecule has 48 heavy (non-hydrogen) atoms. The van der Waals surface area contributed by atoms with Crippen molar-refractivity contribution in [3.05, 3.63) is 52.3 Å². The Labute approximate surface area is 281 Å². The Hall–Kier alpha value is -3.69. The van der Waals surface area contributed by atoms with E-state index in [0.29, 0.717) is 28.2 Å². The molecule has 2 saturated heterocycles. The second-order valence-electron chi connectivity index (χ2n) is 15.1. The number of nitrogens with one attached hydrogen (secondary N) is 1. The van der Waals surface area contributed by atoms with Crippen molar-refractivity contribution in [2.24, 2.45) is 16.7 Å². The van der Waals surface area contributed by atoms with Crippen LogP contribution in [0.3, 0.4) is 0 Å². The first-order chi connectivity index (χ1) is 22.9. The van der Waals surface area contributed by atoms with Gasteiger partial charge < -0.3 is 14.8 Å². The summed E-state index contributed by atoms with van der Waals surface area (Å²) in [6.07, 6.45) is 0.801. The molecule has 1 N–H and O–H groups in total. The van der Waals surface area contributed by atoms with Crippen molar-refractivity contribution < 1.29 is 18.0 Å². The van der Waals surface area contributed by atoms with Gasteiger partial charge in [-0.2, -0.15) is 18.4 Å². The third-order valence-corrected chi connectivity index (χ3v) is 13.3.